The van der Waals surface area contributed by atoms with Crippen molar-refractivity contribution < 1.29 is 4.79 Å². The van der Waals surface area contributed by atoms with Gasteiger partial charge in [-0.2, -0.15) is 0 Å². The summed E-state index contributed by atoms with van der Waals surface area (Å²) >= 11 is 1.36. The van der Waals surface area contributed by atoms with E-state index in [-0.39, 0.29) is 11.7 Å². The van der Waals surface area contributed by atoms with Crippen LogP contribution in [0.4, 0.5) is 5.69 Å². The summed E-state index contributed by atoms with van der Waals surface area (Å²) in [6.07, 6.45) is 3.46. The zero-order valence-corrected chi connectivity index (χ0v) is 16.1. The Kier molecular flexibility index (Phi) is 5.37. The number of carbonyl (C=O) groups excluding carboxylic acids is 1. The van der Waals surface area contributed by atoms with E-state index in [0.29, 0.717) is 5.16 Å². The normalized spacial score (nSPS) is 10.8. The van der Waals surface area contributed by atoms with E-state index in [1.54, 1.807) is 12.4 Å². The third-order valence-corrected chi connectivity index (χ3v) is 5.05. The number of rotatable bonds is 5. The Morgan fingerprint density at radius 2 is 1.92 bits per heavy atom. The molecule has 0 atom stereocenters. The Labute approximate surface area is 157 Å². The van der Waals surface area contributed by atoms with Crippen molar-refractivity contribution in [2.24, 2.45) is 7.05 Å². The molecule has 0 unspecified atom stereocenters. The second-order valence-corrected chi connectivity index (χ2v) is 7.16. The third kappa shape index (κ3) is 3.94. The van der Waals surface area contributed by atoms with Crippen molar-refractivity contribution in [1.82, 2.24) is 19.7 Å². The van der Waals surface area contributed by atoms with Gasteiger partial charge in [-0.25, -0.2) is 0 Å². The van der Waals surface area contributed by atoms with E-state index in [1.807, 2.05) is 37.6 Å². The summed E-state index contributed by atoms with van der Waals surface area (Å²) < 4.78 is 1.87. The minimum absolute atomic E-state index is 0.0593. The molecule has 0 aliphatic rings. The molecule has 0 saturated heterocycles. The number of anilines is 1. The molecule has 0 aliphatic heterocycles. The van der Waals surface area contributed by atoms with E-state index in [2.05, 4.69) is 39.6 Å². The van der Waals surface area contributed by atoms with Gasteiger partial charge in [0.2, 0.25) is 5.91 Å². The zero-order chi connectivity index (χ0) is 18.7. The summed E-state index contributed by atoms with van der Waals surface area (Å²) in [7, 11) is 1.89. The molecule has 0 aliphatic carbocycles. The predicted octanol–water partition coefficient (Wildman–Crippen LogP) is 3.53. The van der Waals surface area contributed by atoms with E-state index in [4.69, 9.17) is 0 Å². The monoisotopic (exact) mass is 367 g/mol. The molecule has 0 spiro atoms. The average molecular weight is 367 g/mol. The molecule has 26 heavy (non-hydrogen) atoms. The summed E-state index contributed by atoms with van der Waals surface area (Å²) in [6.45, 7) is 6.06. The first kappa shape index (κ1) is 18.1. The highest BCUT2D eigenvalue weighted by atomic mass is 32.2. The standard InChI is InChI=1S/C19H21N5OS/c1-12-8-13(2)17(14(3)9-12)21-16(25)11-26-19-23-22-18(24(19)4)15-6-5-7-20-10-15/h5-10H,11H2,1-4H3,(H,21,25). The highest BCUT2D eigenvalue weighted by molar-refractivity contribution is 7.99. The van der Waals surface area contributed by atoms with Gasteiger partial charge in [-0.1, -0.05) is 29.5 Å². The number of thioether (sulfide) groups is 1. The molecule has 0 fully saturated rings. The second-order valence-electron chi connectivity index (χ2n) is 6.22. The molecule has 1 amide bonds. The number of nitrogens with one attached hydrogen (secondary N) is 1. The van der Waals surface area contributed by atoms with E-state index in [1.165, 1.54) is 17.3 Å². The lowest BCUT2D eigenvalue weighted by Gasteiger charge is -2.12. The van der Waals surface area contributed by atoms with Gasteiger partial charge < -0.3 is 9.88 Å². The Balaban J connectivity index is 1.67. The van der Waals surface area contributed by atoms with Crippen molar-refractivity contribution in [3.63, 3.8) is 0 Å². The fraction of sp³-hybridized carbons (Fsp3) is 0.263. The summed E-state index contributed by atoms with van der Waals surface area (Å²) in [5.41, 5.74) is 5.10. The molecule has 3 rings (SSSR count). The van der Waals surface area contributed by atoms with Crippen LogP contribution in [-0.4, -0.2) is 31.4 Å². The lowest BCUT2D eigenvalue weighted by Crippen LogP contribution is -2.16. The molecule has 0 bridgehead atoms. The number of pyridine rings is 1. The van der Waals surface area contributed by atoms with Crippen molar-refractivity contribution in [3.8, 4) is 11.4 Å². The predicted molar refractivity (Wildman–Crippen MR) is 104 cm³/mol. The van der Waals surface area contributed by atoms with Crippen LogP contribution in [0, 0.1) is 20.8 Å². The molecule has 2 heterocycles. The van der Waals surface area contributed by atoms with Crippen molar-refractivity contribution in [1.29, 1.82) is 0 Å². The van der Waals surface area contributed by atoms with E-state index < -0.39 is 0 Å². The highest BCUT2D eigenvalue weighted by Crippen LogP contribution is 2.24. The fourth-order valence-electron chi connectivity index (χ4n) is 2.87. The molecule has 1 N–H and O–H groups in total. The van der Waals surface area contributed by atoms with Crippen LogP contribution in [0.15, 0.2) is 41.8 Å². The highest BCUT2D eigenvalue weighted by Gasteiger charge is 2.14. The van der Waals surface area contributed by atoms with Crippen molar-refractivity contribution in [2.45, 2.75) is 25.9 Å². The van der Waals surface area contributed by atoms with E-state index in [0.717, 1.165) is 28.2 Å². The number of hydrogen-bond donors (Lipinski definition) is 1. The molecule has 6 nitrogen and oxygen atoms in total. The van der Waals surface area contributed by atoms with E-state index >= 15 is 0 Å². The SMILES string of the molecule is Cc1cc(C)c(NC(=O)CSc2nnc(-c3cccnc3)n2C)c(C)c1. The Hall–Kier alpha value is -2.67. The van der Waals surface area contributed by atoms with Gasteiger partial charge >= 0.3 is 0 Å². The summed E-state index contributed by atoms with van der Waals surface area (Å²) in [4.78, 5) is 16.5. The quantitative estimate of drug-likeness (QED) is 0.699. The number of carbonyl (C=O) groups is 1. The van der Waals surface area contributed by atoms with Gasteiger partial charge in [-0.05, 0) is 44.0 Å². The molecule has 134 valence electrons. The number of nitrogens with zero attached hydrogens (tertiary/aromatic N) is 4. The molecule has 0 saturated carbocycles. The minimum atomic E-state index is -0.0593. The molecule has 7 heteroatoms. The van der Waals surface area contributed by atoms with Crippen LogP contribution in [0.25, 0.3) is 11.4 Å². The molecule has 2 aromatic heterocycles. The topological polar surface area (TPSA) is 72.7 Å². The van der Waals surface area contributed by atoms with Gasteiger partial charge in [0.1, 0.15) is 0 Å². The van der Waals surface area contributed by atoms with Crippen LogP contribution in [0.2, 0.25) is 0 Å². The number of benzene rings is 1. The fourth-order valence-corrected chi connectivity index (χ4v) is 3.58. The molecule has 0 radical (unpaired) electrons. The van der Waals surface area contributed by atoms with Gasteiger partial charge in [-0.3, -0.25) is 9.78 Å². The van der Waals surface area contributed by atoms with Crippen LogP contribution in [0.5, 0.6) is 0 Å². The summed E-state index contributed by atoms with van der Waals surface area (Å²) in [5.74, 6) is 0.938. The number of aromatic nitrogens is 4. The minimum Gasteiger partial charge on any atom is -0.325 e. The van der Waals surface area contributed by atoms with E-state index in [9.17, 15) is 4.79 Å². The maximum Gasteiger partial charge on any atom is 0.234 e. The Morgan fingerprint density at radius 3 is 2.58 bits per heavy atom. The molecular weight excluding hydrogens is 346 g/mol. The zero-order valence-electron chi connectivity index (χ0n) is 15.3. The summed E-state index contributed by atoms with van der Waals surface area (Å²) in [5, 5.41) is 12.1. The van der Waals surface area contributed by atoms with Crippen LogP contribution >= 0.6 is 11.8 Å². The van der Waals surface area contributed by atoms with Gasteiger partial charge in [0.05, 0.1) is 5.75 Å². The van der Waals surface area contributed by atoms with Gasteiger partial charge in [0.15, 0.2) is 11.0 Å². The van der Waals surface area contributed by atoms with Crippen LogP contribution in [0.3, 0.4) is 0 Å². The lowest BCUT2D eigenvalue weighted by molar-refractivity contribution is -0.113. The van der Waals surface area contributed by atoms with Crippen LogP contribution < -0.4 is 5.32 Å². The van der Waals surface area contributed by atoms with Gasteiger partial charge in [0.25, 0.3) is 0 Å². The van der Waals surface area contributed by atoms with Crippen molar-refractivity contribution >= 4 is 23.4 Å². The largest absolute Gasteiger partial charge is 0.325 e. The first-order valence-electron chi connectivity index (χ1n) is 8.26. The molecule has 3 aromatic rings. The Morgan fingerprint density at radius 1 is 1.19 bits per heavy atom. The number of hydrogen-bond acceptors (Lipinski definition) is 5. The Bertz CT molecular complexity index is 913. The van der Waals surface area contributed by atoms with Gasteiger partial charge in [0, 0.05) is 30.7 Å². The number of aryl methyl sites for hydroxylation is 3. The van der Waals surface area contributed by atoms with Crippen molar-refractivity contribution in [2.75, 3.05) is 11.1 Å². The van der Waals surface area contributed by atoms with Crippen LogP contribution in [0.1, 0.15) is 16.7 Å². The number of amides is 1. The lowest BCUT2D eigenvalue weighted by atomic mass is 10.1. The molecule has 1 aromatic carbocycles. The van der Waals surface area contributed by atoms with Crippen LogP contribution in [-0.2, 0) is 11.8 Å². The molecular formula is C19H21N5OS. The van der Waals surface area contributed by atoms with Crippen molar-refractivity contribution in [3.05, 3.63) is 53.3 Å². The first-order chi connectivity index (χ1) is 12.5. The third-order valence-electron chi connectivity index (χ3n) is 4.03. The average Bonchev–Trinajstić information content (AvgIpc) is 2.98. The maximum absolute atomic E-state index is 12.4. The summed E-state index contributed by atoms with van der Waals surface area (Å²) in [6, 6.07) is 7.93. The first-order valence-corrected chi connectivity index (χ1v) is 9.24. The van der Waals surface area contributed by atoms with Gasteiger partial charge in [-0.15, -0.1) is 10.2 Å². The maximum atomic E-state index is 12.4. The second kappa shape index (κ2) is 7.70. The smallest absolute Gasteiger partial charge is 0.234 e.